The molecule has 2 fully saturated rings. The summed E-state index contributed by atoms with van der Waals surface area (Å²) < 4.78 is 148. The number of unbranched alkanes of at least 4 members (excludes halogenated alkanes) is 1. The summed E-state index contributed by atoms with van der Waals surface area (Å²) in [5.74, 6) is 0.101. The van der Waals surface area contributed by atoms with E-state index in [1.54, 1.807) is 6.07 Å². The third kappa shape index (κ3) is 63.7. The van der Waals surface area contributed by atoms with Crippen molar-refractivity contribution in [2.45, 2.75) is 133 Å². The molecule has 2 aromatic rings. The number of esters is 2. The summed E-state index contributed by atoms with van der Waals surface area (Å²) in [6.07, 6.45) is -12.8. The van der Waals surface area contributed by atoms with E-state index in [9.17, 15) is 74.1 Å². The zero-order valence-corrected chi connectivity index (χ0v) is 78.3. The molecule has 2 heterocycles. The van der Waals surface area contributed by atoms with Gasteiger partial charge in [0, 0.05) is 53.0 Å². The van der Waals surface area contributed by atoms with Crippen LogP contribution in [-0.2, 0) is 175 Å². The number of carbonyl (C=O) groups excluding carboxylic acids is 9. The minimum atomic E-state index is -1.96. The van der Waals surface area contributed by atoms with Gasteiger partial charge >= 0.3 is 24.1 Å². The van der Waals surface area contributed by atoms with Gasteiger partial charge in [0.2, 0.25) is 24.4 Å². The van der Waals surface area contributed by atoms with Crippen LogP contribution in [0.5, 0.6) is 11.5 Å². The van der Waals surface area contributed by atoms with Crippen molar-refractivity contribution in [3.63, 3.8) is 0 Å². The van der Waals surface area contributed by atoms with Crippen LogP contribution in [0, 0.1) is 0 Å². The lowest BCUT2D eigenvalue weighted by atomic mass is 9.99. The average molecular weight is 1980 g/mol. The Kier molecular flexibility index (Phi) is 75.8. The lowest BCUT2D eigenvalue weighted by Gasteiger charge is -2.38. The van der Waals surface area contributed by atoms with E-state index < -0.39 is 91.1 Å². The van der Waals surface area contributed by atoms with Crippen LogP contribution >= 0.6 is 0 Å². The number of hydrogen-bond acceptors (Lipinski definition) is 45. The number of carboxylic acids is 1. The van der Waals surface area contributed by atoms with Gasteiger partial charge in [-0.05, 0) is 67.5 Å². The highest BCUT2D eigenvalue weighted by molar-refractivity contribution is 5.99. The lowest BCUT2D eigenvalue weighted by Crippen LogP contribution is -2.61. The number of benzene rings is 2. The second-order valence-electron chi connectivity index (χ2n) is 29.5. The van der Waals surface area contributed by atoms with Crippen LogP contribution < -0.4 is 31.3 Å². The molecular formula is C88H144N4O45. The van der Waals surface area contributed by atoms with Gasteiger partial charge in [-0.1, -0.05) is 12.1 Å². The molecule has 4 rings (SSSR count). The molecule has 786 valence electrons. The van der Waals surface area contributed by atoms with Gasteiger partial charge in [-0.25, -0.2) is 10.7 Å². The van der Waals surface area contributed by atoms with Crippen LogP contribution in [-0.4, -0.2) is 454 Å². The number of amides is 3. The zero-order chi connectivity index (χ0) is 99.6. The molecule has 49 heteroatoms. The van der Waals surface area contributed by atoms with E-state index in [1.807, 2.05) is 0 Å². The summed E-state index contributed by atoms with van der Waals surface area (Å²) in [6, 6.07) is 7.86. The first-order chi connectivity index (χ1) is 66.6. The number of ether oxygens (including phenoxy) is 27. The van der Waals surface area contributed by atoms with E-state index in [4.69, 9.17) is 143 Å². The van der Waals surface area contributed by atoms with Crippen molar-refractivity contribution >= 4 is 53.3 Å². The molecule has 2 aromatic carbocycles. The fourth-order valence-corrected chi connectivity index (χ4v) is 11.7. The number of Topliss-reactive ketones (excluding diaryl/α,β-unsaturated/α-hetero) is 2. The number of nitrogens with one attached hydrogen (secondary N) is 3. The number of hydrogen-bond donors (Lipinski definition) is 11. The van der Waals surface area contributed by atoms with E-state index in [-0.39, 0.29) is 224 Å². The van der Waals surface area contributed by atoms with Gasteiger partial charge in [0.1, 0.15) is 74.6 Å². The van der Waals surface area contributed by atoms with Crippen molar-refractivity contribution in [1.29, 1.82) is 0 Å². The Morgan fingerprint density at radius 2 is 0.745 bits per heavy atom. The van der Waals surface area contributed by atoms with Crippen molar-refractivity contribution < 1.29 is 216 Å². The summed E-state index contributed by atoms with van der Waals surface area (Å²) in [5.41, 5.74) is 0.947. The molecule has 2 aliphatic rings. The minimum Gasteiger partial charge on any atom is -0.479 e. The fraction of sp³-hybridized carbons (Fsp3) is 0.761. The van der Waals surface area contributed by atoms with E-state index in [1.165, 1.54) is 44.2 Å². The van der Waals surface area contributed by atoms with Gasteiger partial charge in [0.25, 0.3) is 5.91 Å². The van der Waals surface area contributed by atoms with Crippen molar-refractivity contribution in [3.8, 4) is 11.5 Å². The largest absolute Gasteiger partial charge is 0.479 e. The van der Waals surface area contributed by atoms with Crippen molar-refractivity contribution in [3.05, 3.63) is 58.7 Å². The maximum atomic E-state index is 13.6. The topological polar surface area (TPSA) is 633 Å². The Balaban J connectivity index is 0.0000159. The summed E-state index contributed by atoms with van der Waals surface area (Å²) in [6.45, 7) is 15.0. The molecule has 0 unspecified atom stereocenters. The Morgan fingerprint density at radius 3 is 1.15 bits per heavy atom. The SMILES string of the molecule is CC(=O)OCc1ccc(O[C@@H]2OC[C@@H](O)[C@H](O)[C@H]2O)c(C(=O)CCCOCCOCCOCCOCCOCC(=O)N[C@@H](CCCCNC(=O)COCCOCCOCCOCCOCCNC(=O)c2cc(COC(C)=O)ccc2O[C@@H]2O[C@H](C(=O)O)[C@@H](O)[C@H](O)[C@H]2O)C(=O)CCCOCCOCCOCCOCCOCCOCCOCCOCCOCCOCCOCCON)c1.O=C=O. The van der Waals surface area contributed by atoms with Gasteiger partial charge in [-0.2, -0.15) is 9.59 Å². The van der Waals surface area contributed by atoms with Crippen molar-refractivity contribution in [2.24, 2.45) is 5.90 Å². The number of rotatable bonds is 90. The second-order valence-corrected chi connectivity index (χ2v) is 29.5. The summed E-state index contributed by atoms with van der Waals surface area (Å²) in [5, 5.41) is 78.8. The first kappa shape index (κ1) is 123. The number of aliphatic hydroxyl groups excluding tert-OH is 6. The first-order valence-electron chi connectivity index (χ1n) is 45.4. The van der Waals surface area contributed by atoms with Crippen LogP contribution in [0.25, 0.3) is 0 Å². The van der Waals surface area contributed by atoms with Crippen LogP contribution in [0.15, 0.2) is 36.4 Å². The molecule has 0 spiro atoms. The normalized spacial score (nSPS) is 17.7. The molecule has 0 radical (unpaired) electrons. The summed E-state index contributed by atoms with van der Waals surface area (Å²) in [7, 11) is 0. The Morgan fingerprint density at radius 1 is 0.394 bits per heavy atom. The average Bonchev–Trinajstić information content (AvgIpc) is 0.796. The van der Waals surface area contributed by atoms with Crippen LogP contribution in [0.2, 0.25) is 0 Å². The zero-order valence-electron chi connectivity index (χ0n) is 78.3. The van der Waals surface area contributed by atoms with Crippen molar-refractivity contribution in [2.75, 3.05) is 304 Å². The lowest BCUT2D eigenvalue weighted by molar-refractivity contribution is -0.271. The smallest absolute Gasteiger partial charge is 0.373 e. The second kappa shape index (κ2) is 84.1. The Bertz CT molecular complexity index is 3490. The highest BCUT2D eigenvalue weighted by atomic mass is 16.7. The maximum absolute atomic E-state index is 13.6. The molecule has 3 amide bonds. The van der Waals surface area contributed by atoms with Gasteiger partial charge in [0.15, 0.2) is 17.7 Å². The van der Waals surface area contributed by atoms with Gasteiger partial charge < -0.3 is 184 Å². The molecule has 137 heavy (non-hydrogen) atoms. The molecule has 12 N–H and O–H groups in total. The number of carboxylic acid groups (broad SMARTS) is 1. The maximum Gasteiger partial charge on any atom is 0.373 e. The molecule has 49 nitrogen and oxygen atoms in total. The monoisotopic (exact) mass is 1980 g/mol. The first-order valence-corrected chi connectivity index (χ1v) is 45.4. The van der Waals surface area contributed by atoms with Crippen LogP contribution in [0.1, 0.15) is 90.6 Å². The number of aliphatic carboxylic acids is 1. The molecule has 0 aliphatic carbocycles. The standard InChI is InChI=1S/C87H144N4O43.CO2/c1-64(92)128-59-66-10-12-74(132-86-81(102)78(99)73(96)61-130-86)68(57-66)71(94)8-5-16-107-19-22-110-26-29-120-46-48-124-52-54-127-63-77(98)91-70(72(95)9-6-17-108-20-23-111-25-28-113-31-32-114-33-34-115-35-36-116-37-38-117-39-40-118-41-42-119-43-44-122-49-50-125-55-56-131-88)7-3-4-14-89-76(97)62-126-53-51-123-47-45-121-30-27-112-24-21-109-18-15-90-84(104)69-58-67(60-129-65(2)93)11-13-75(69)133-87-82(103)79(100)80(101)83(134-87)85(105)106;2-1-3/h10-13,57-58,70,73,78-83,86-87,96,99-103H,3-9,14-56,59-63,88H2,1-2H3,(H,89,97)(H,90,104)(H,91,98)(H,105,106);/t70-,73+,78-,79-,80-,81+,82+,83-,86-,87+;/m0./s1. The number of nitrogens with two attached hydrogens (primary N) is 1. The van der Waals surface area contributed by atoms with E-state index >= 15 is 0 Å². The van der Waals surface area contributed by atoms with Gasteiger partial charge in [0.05, 0.1) is 281 Å². The molecule has 10 atom stereocenters. The summed E-state index contributed by atoms with van der Waals surface area (Å²) >= 11 is 0. The quantitative estimate of drug-likeness (QED) is 0.0137. The fourth-order valence-electron chi connectivity index (χ4n) is 11.7. The number of aliphatic hydroxyl groups is 6. The third-order valence-corrected chi connectivity index (χ3v) is 18.7. The number of carbonyl (C=O) groups is 8. The molecule has 0 aromatic heterocycles. The van der Waals surface area contributed by atoms with E-state index in [2.05, 4.69) is 20.8 Å². The molecule has 2 saturated heterocycles. The predicted octanol–water partition coefficient (Wildman–Crippen LogP) is -2.93. The summed E-state index contributed by atoms with van der Waals surface area (Å²) in [4.78, 5) is 121. The predicted molar refractivity (Wildman–Crippen MR) is 468 cm³/mol. The van der Waals surface area contributed by atoms with Crippen molar-refractivity contribution in [1.82, 2.24) is 16.0 Å². The Hall–Kier alpha value is -7.66. The molecular weight excluding hydrogens is 1830 g/mol. The van der Waals surface area contributed by atoms with Crippen LogP contribution in [0.4, 0.5) is 0 Å². The van der Waals surface area contributed by atoms with E-state index in [0.717, 1.165) is 0 Å². The number of ketones is 2. The molecule has 0 saturated carbocycles. The molecule has 0 bridgehead atoms. The van der Waals surface area contributed by atoms with Crippen LogP contribution in [0.3, 0.4) is 0 Å². The minimum absolute atomic E-state index is 0.0278. The highest BCUT2D eigenvalue weighted by Crippen LogP contribution is 2.30. The third-order valence-electron chi connectivity index (χ3n) is 18.7. The molecule has 2 aliphatic heterocycles. The highest BCUT2D eigenvalue weighted by Gasteiger charge is 2.48. The van der Waals surface area contributed by atoms with Gasteiger partial charge in [-0.3, -0.25) is 33.6 Å². The van der Waals surface area contributed by atoms with Gasteiger partial charge in [-0.15, -0.1) is 0 Å². The Labute approximate surface area is 796 Å². The van der Waals surface area contributed by atoms with E-state index in [0.29, 0.717) is 195 Å².